The van der Waals surface area contributed by atoms with Gasteiger partial charge in [-0.2, -0.15) is 0 Å². The van der Waals surface area contributed by atoms with E-state index in [0.29, 0.717) is 24.5 Å². The third kappa shape index (κ3) is 3.93. The number of benzene rings is 1. The van der Waals surface area contributed by atoms with Crippen LogP contribution in [0.4, 0.5) is 20.0 Å². The molecule has 2 aromatic rings. The molecule has 1 fully saturated rings. The summed E-state index contributed by atoms with van der Waals surface area (Å²) < 4.78 is 13.7. The first-order valence-electron chi connectivity index (χ1n) is 8.04. The van der Waals surface area contributed by atoms with Gasteiger partial charge in [0, 0.05) is 6.54 Å². The van der Waals surface area contributed by atoms with Crippen molar-refractivity contribution >= 4 is 34.1 Å². The van der Waals surface area contributed by atoms with Crippen molar-refractivity contribution in [1.82, 2.24) is 15.1 Å². The molecule has 9 heteroatoms. The van der Waals surface area contributed by atoms with Crippen molar-refractivity contribution in [2.75, 3.05) is 17.2 Å². The minimum Gasteiger partial charge on any atom is -0.312 e. The topological polar surface area (TPSA) is 87.2 Å². The van der Waals surface area contributed by atoms with Gasteiger partial charge in [0.25, 0.3) is 0 Å². The Labute approximate surface area is 148 Å². The molecular formula is C16H18FN5O2S. The molecule has 0 spiro atoms. The Morgan fingerprint density at radius 3 is 2.84 bits per heavy atom. The second-order valence-corrected chi connectivity index (χ2v) is 6.67. The molecule has 7 nitrogen and oxygen atoms in total. The van der Waals surface area contributed by atoms with Crippen molar-refractivity contribution in [3.05, 3.63) is 35.1 Å². The number of anilines is 2. The summed E-state index contributed by atoms with van der Waals surface area (Å²) in [6.07, 6.45) is 2.00. The van der Waals surface area contributed by atoms with Crippen LogP contribution in [0, 0.1) is 5.82 Å². The van der Waals surface area contributed by atoms with E-state index in [1.54, 1.807) is 12.1 Å². The fourth-order valence-corrected chi connectivity index (χ4v) is 3.35. The summed E-state index contributed by atoms with van der Waals surface area (Å²) in [5, 5.41) is 14.3. The van der Waals surface area contributed by atoms with Crippen LogP contribution >= 0.6 is 11.3 Å². The average Bonchev–Trinajstić information content (AvgIpc) is 3.25. The van der Waals surface area contributed by atoms with Crippen LogP contribution < -0.4 is 10.6 Å². The maximum absolute atomic E-state index is 13.7. The first kappa shape index (κ1) is 17.3. The number of aromatic nitrogens is 2. The number of halogens is 1. The van der Waals surface area contributed by atoms with Crippen molar-refractivity contribution in [1.29, 1.82) is 0 Å². The third-order valence-corrected chi connectivity index (χ3v) is 4.91. The summed E-state index contributed by atoms with van der Waals surface area (Å²) in [5.74, 6) is -0.822. The maximum atomic E-state index is 13.7. The number of aryl methyl sites for hydroxylation is 1. The minimum absolute atomic E-state index is 0.0928. The highest BCUT2D eigenvalue weighted by Gasteiger charge is 2.34. The lowest BCUT2D eigenvalue weighted by atomic mass is 10.2. The summed E-state index contributed by atoms with van der Waals surface area (Å²) in [6, 6.07) is 4.82. The standard InChI is InChI=1S/C16H18FN5O2S/c1-2-13-20-21-15(25-13)19-14(23)12-8-5-9-22(12)16(24)18-11-7-4-3-6-10(11)17/h3-4,6-7,12H,2,5,8-9H2,1H3,(H,18,24)(H,19,21,23). The van der Waals surface area contributed by atoms with Crippen LogP contribution in [0.25, 0.3) is 0 Å². The van der Waals surface area contributed by atoms with Gasteiger partial charge in [0.05, 0.1) is 5.69 Å². The molecule has 132 valence electrons. The number of likely N-dealkylation sites (tertiary alicyclic amines) is 1. The molecule has 1 unspecified atom stereocenters. The molecule has 1 saturated heterocycles. The molecule has 1 atom stereocenters. The zero-order valence-electron chi connectivity index (χ0n) is 13.7. The number of amides is 3. The predicted molar refractivity (Wildman–Crippen MR) is 93.1 cm³/mol. The molecule has 3 amide bonds. The molecule has 1 aliphatic heterocycles. The van der Waals surface area contributed by atoms with E-state index >= 15 is 0 Å². The zero-order valence-corrected chi connectivity index (χ0v) is 14.5. The van der Waals surface area contributed by atoms with Crippen LogP contribution in [-0.4, -0.2) is 39.6 Å². The summed E-state index contributed by atoms with van der Waals surface area (Å²) in [5.41, 5.74) is 0.0928. The Balaban J connectivity index is 1.66. The smallest absolute Gasteiger partial charge is 0.312 e. The van der Waals surface area contributed by atoms with Gasteiger partial charge in [0.15, 0.2) is 0 Å². The van der Waals surface area contributed by atoms with E-state index in [2.05, 4.69) is 20.8 Å². The maximum Gasteiger partial charge on any atom is 0.322 e. The molecule has 0 aliphatic carbocycles. The zero-order chi connectivity index (χ0) is 17.8. The molecule has 1 aromatic heterocycles. The Morgan fingerprint density at radius 1 is 1.32 bits per heavy atom. The van der Waals surface area contributed by atoms with Gasteiger partial charge in [-0.3, -0.25) is 10.1 Å². The molecular weight excluding hydrogens is 345 g/mol. The average molecular weight is 363 g/mol. The number of nitrogens with zero attached hydrogens (tertiary/aromatic N) is 3. The lowest BCUT2D eigenvalue weighted by Gasteiger charge is -2.23. The van der Waals surface area contributed by atoms with Gasteiger partial charge in [0.2, 0.25) is 11.0 Å². The van der Waals surface area contributed by atoms with Crippen molar-refractivity contribution in [2.24, 2.45) is 0 Å². The Morgan fingerprint density at radius 2 is 2.12 bits per heavy atom. The van der Waals surface area contributed by atoms with E-state index in [4.69, 9.17) is 0 Å². The lowest BCUT2D eigenvalue weighted by Crippen LogP contribution is -2.45. The van der Waals surface area contributed by atoms with E-state index in [-0.39, 0.29) is 11.6 Å². The molecule has 1 aliphatic rings. The van der Waals surface area contributed by atoms with Crippen molar-refractivity contribution in [3.63, 3.8) is 0 Å². The largest absolute Gasteiger partial charge is 0.322 e. The highest BCUT2D eigenvalue weighted by molar-refractivity contribution is 7.15. The normalized spacial score (nSPS) is 16.7. The van der Waals surface area contributed by atoms with Gasteiger partial charge >= 0.3 is 6.03 Å². The summed E-state index contributed by atoms with van der Waals surface area (Å²) >= 11 is 1.31. The number of nitrogens with one attached hydrogen (secondary N) is 2. The monoisotopic (exact) mass is 363 g/mol. The van der Waals surface area contributed by atoms with E-state index in [1.807, 2.05) is 6.92 Å². The van der Waals surface area contributed by atoms with Crippen molar-refractivity contribution in [3.8, 4) is 0 Å². The van der Waals surface area contributed by atoms with Crippen LogP contribution in [0.15, 0.2) is 24.3 Å². The van der Waals surface area contributed by atoms with Gasteiger partial charge in [0.1, 0.15) is 16.9 Å². The SMILES string of the molecule is CCc1nnc(NC(=O)C2CCCN2C(=O)Nc2ccccc2F)s1. The molecule has 0 radical (unpaired) electrons. The number of hydrogen-bond acceptors (Lipinski definition) is 5. The summed E-state index contributed by atoms with van der Waals surface area (Å²) in [7, 11) is 0. The fourth-order valence-electron chi connectivity index (χ4n) is 2.67. The van der Waals surface area contributed by atoms with Crippen molar-refractivity contribution in [2.45, 2.75) is 32.2 Å². The van der Waals surface area contributed by atoms with E-state index in [9.17, 15) is 14.0 Å². The van der Waals surface area contributed by atoms with Gasteiger partial charge in [-0.05, 0) is 31.4 Å². The molecule has 25 heavy (non-hydrogen) atoms. The van der Waals surface area contributed by atoms with Crippen LogP contribution in [0.3, 0.4) is 0 Å². The highest BCUT2D eigenvalue weighted by atomic mass is 32.1. The van der Waals surface area contributed by atoms with Gasteiger partial charge in [-0.15, -0.1) is 10.2 Å². The minimum atomic E-state index is -0.610. The Bertz CT molecular complexity index is 781. The quantitative estimate of drug-likeness (QED) is 0.874. The summed E-state index contributed by atoms with van der Waals surface area (Å²) in [6.45, 7) is 2.40. The summed E-state index contributed by atoms with van der Waals surface area (Å²) in [4.78, 5) is 26.3. The number of hydrogen-bond donors (Lipinski definition) is 2. The lowest BCUT2D eigenvalue weighted by molar-refractivity contribution is -0.119. The van der Waals surface area contributed by atoms with Crippen molar-refractivity contribution < 1.29 is 14.0 Å². The molecule has 0 saturated carbocycles. The van der Waals surface area contributed by atoms with Crippen LogP contribution in [0.5, 0.6) is 0 Å². The Hall–Kier alpha value is -2.55. The van der Waals surface area contributed by atoms with E-state index < -0.39 is 17.9 Å². The van der Waals surface area contributed by atoms with Crippen LogP contribution in [-0.2, 0) is 11.2 Å². The number of carbonyl (C=O) groups excluding carboxylic acids is 2. The fraction of sp³-hybridized carbons (Fsp3) is 0.375. The van der Waals surface area contributed by atoms with Crippen LogP contribution in [0.2, 0.25) is 0 Å². The Kier molecular flexibility index (Phi) is 5.22. The molecule has 2 heterocycles. The second-order valence-electron chi connectivity index (χ2n) is 5.61. The first-order valence-corrected chi connectivity index (χ1v) is 8.85. The van der Waals surface area contributed by atoms with E-state index in [0.717, 1.165) is 11.4 Å². The second kappa shape index (κ2) is 7.56. The van der Waals surface area contributed by atoms with Gasteiger partial charge in [-0.25, -0.2) is 9.18 Å². The first-order chi connectivity index (χ1) is 12.1. The number of carbonyl (C=O) groups is 2. The third-order valence-electron chi connectivity index (χ3n) is 3.93. The number of urea groups is 1. The predicted octanol–water partition coefficient (Wildman–Crippen LogP) is 2.87. The van der Waals surface area contributed by atoms with Gasteiger partial charge < -0.3 is 10.2 Å². The highest BCUT2D eigenvalue weighted by Crippen LogP contribution is 2.23. The number of para-hydroxylation sites is 1. The molecule has 2 N–H and O–H groups in total. The van der Waals surface area contributed by atoms with Crippen LogP contribution in [0.1, 0.15) is 24.8 Å². The molecule has 0 bridgehead atoms. The number of rotatable bonds is 4. The van der Waals surface area contributed by atoms with Gasteiger partial charge in [-0.1, -0.05) is 30.4 Å². The molecule has 1 aromatic carbocycles. The molecule has 3 rings (SSSR count). The van der Waals surface area contributed by atoms with E-state index in [1.165, 1.54) is 28.4 Å².